The summed E-state index contributed by atoms with van der Waals surface area (Å²) in [5.74, 6) is 3.20. The van der Waals surface area contributed by atoms with Crippen molar-refractivity contribution in [2.75, 3.05) is 11.1 Å². The second-order valence-electron chi connectivity index (χ2n) is 10.5. The highest BCUT2D eigenvalue weighted by Gasteiger charge is 2.34. The summed E-state index contributed by atoms with van der Waals surface area (Å²) >= 11 is 2.78. The van der Waals surface area contributed by atoms with E-state index in [4.69, 9.17) is 9.72 Å². The summed E-state index contributed by atoms with van der Waals surface area (Å²) in [4.78, 5) is 28.7. The van der Waals surface area contributed by atoms with E-state index in [1.165, 1.54) is 23.3 Å². The van der Waals surface area contributed by atoms with E-state index in [1.807, 2.05) is 30.0 Å². The van der Waals surface area contributed by atoms with Crippen molar-refractivity contribution in [3.8, 4) is 11.5 Å². The summed E-state index contributed by atoms with van der Waals surface area (Å²) < 4.78 is 10.8. The van der Waals surface area contributed by atoms with Crippen molar-refractivity contribution in [3.05, 3.63) is 42.1 Å². The molecule has 3 unspecified atom stereocenters. The molecule has 1 fully saturated rings. The first-order chi connectivity index (χ1) is 18.0. The molecule has 0 saturated carbocycles. The van der Waals surface area contributed by atoms with Gasteiger partial charge in [0.25, 0.3) is 0 Å². The van der Waals surface area contributed by atoms with Crippen LogP contribution in [0.1, 0.15) is 71.3 Å². The number of nitrogens with one attached hydrogen (secondary N) is 1. The van der Waals surface area contributed by atoms with Crippen molar-refractivity contribution in [1.29, 1.82) is 0 Å². The van der Waals surface area contributed by atoms with Gasteiger partial charge in [-0.3, -0.25) is 9.78 Å². The minimum atomic E-state index is -0.805. The van der Waals surface area contributed by atoms with Crippen LogP contribution in [0.3, 0.4) is 0 Å². The highest BCUT2D eigenvalue weighted by Crippen LogP contribution is 2.36. The molecule has 9 nitrogen and oxygen atoms in total. The fraction of sp³-hybridized carbons (Fsp3) is 0.519. The third-order valence-corrected chi connectivity index (χ3v) is 8.53. The first kappa shape index (κ1) is 28.3. The Morgan fingerprint density at radius 2 is 2.13 bits per heavy atom. The Kier molecular flexibility index (Phi) is 8.89. The van der Waals surface area contributed by atoms with Gasteiger partial charge in [-0.2, -0.15) is 4.37 Å². The molecule has 204 valence electrons. The molecule has 3 aromatic rings. The van der Waals surface area contributed by atoms with Crippen LogP contribution in [0.25, 0.3) is 0 Å². The molecule has 3 atom stereocenters. The summed E-state index contributed by atoms with van der Waals surface area (Å²) in [7, 11) is 0. The Morgan fingerprint density at radius 3 is 2.84 bits per heavy atom. The molecule has 3 aromatic heterocycles. The van der Waals surface area contributed by atoms with Gasteiger partial charge in [-0.15, -0.1) is 11.8 Å². The lowest BCUT2D eigenvalue weighted by molar-refractivity contribution is -0.131. The standard InChI is InChI=1S/C27H36N6O3S2/c1-16(12-20-10-9-17(2)33(20)19(4)34)24-30-26(38-32-24)31-25-23(36-22-8-7-11-28-18(22)3)13-21(14-29-25)37-15-27(5,6)35/h7-8,11,13-14,16-17,20,35H,9-10,12,15H2,1-6H3,(H,29,30,31,32). The van der Waals surface area contributed by atoms with Gasteiger partial charge in [-0.05, 0) is 65.2 Å². The van der Waals surface area contributed by atoms with Gasteiger partial charge in [0.05, 0.1) is 11.3 Å². The van der Waals surface area contributed by atoms with Crippen LogP contribution in [-0.2, 0) is 4.79 Å². The van der Waals surface area contributed by atoms with E-state index in [2.05, 4.69) is 33.5 Å². The third kappa shape index (κ3) is 7.21. The molecule has 1 aliphatic rings. The Hall–Kier alpha value is -2.76. The number of nitrogens with zero attached hydrogens (tertiary/aromatic N) is 5. The van der Waals surface area contributed by atoms with E-state index in [9.17, 15) is 9.90 Å². The Balaban J connectivity index is 1.51. The van der Waals surface area contributed by atoms with Crippen LogP contribution in [0, 0.1) is 6.92 Å². The molecule has 0 radical (unpaired) electrons. The quantitative estimate of drug-likeness (QED) is 0.293. The van der Waals surface area contributed by atoms with Crippen LogP contribution >= 0.6 is 23.3 Å². The van der Waals surface area contributed by atoms with Crippen molar-refractivity contribution < 1.29 is 14.6 Å². The number of likely N-dealkylation sites (tertiary alicyclic amines) is 1. The molecule has 11 heteroatoms. The second kappa shape index (κ2) is 12.0. The number of thioether (sulfide) groups is 1. The van der Waals surface area contributed by atoms with Crippen molar-refractivity contribution >= 4 is 40.2 Å². The number of ether oxygens (including phenoxy) is 1. The maximum absolute atomic E-state index is 12.1. The largest absolute Gasteiger partial charge is 0.452 e. The van der Waals surface area contributed by atoms with Gasteiger partial charge in [0, 0.05) is 59.5 Å². The molecule has 4 heterocycles. The smallest absolute Gasteiger partial charge is 0.219 e. The maximum Gasteiger partial charge on any atom is 0.219 e. The molecule has 1 saturated heterocycles. The molecular weight excluding hydrogens is 520 g/mol. The number of pyridine rings is 2. The number of rotatable bonds is 10. The fourth-order valence-corrected chi connectivity index (χ4v) is 6.12. The first-order valence-electron chi connectivity index (χ1n) is 12.8. The molecular formula is C27H36N6O3S2. The maximum atomic E-state index is 12.1. The average Bonchev–Trinajstić information content (AvgIpc) is 3.46. The van der Waals surface area contributed by atoms with E-state index in [1.54, 1.807) is 33.2 Å². The second-order valence-corrected chi connectivity index (χ2v) is 12.3. The van der Waals surface area contributed by atoms with E-state index >= 15 is 0 Å². The Bertz CT molecular complexity index is 1260. The number of carbonyl (C=O) groups is 1. The van der Waals surface area contributed by atoms with E-state index in [-0.39, 0.29) is 23.9 Å². The zero-order chi connectivity index (χ0) is 27.4. The van der Waals surface area contributed by atoms with Crippen molar-refractivity contribution in [1.82, 2.24) is 24.2 Å². The summed E-state index contributed by atoms with van der Waals surface area (Å²) in [5, 5.41) is 14.0. The lowest BCUT2D eigenvalue weighted by atomic mass is 9.99. The van der Waals surface area contributed by atoms with Crippen molar-refractivity contribution in [2.45, 2.75) is 89.3 Å². The molecule has 2 N–H and O–H groups in total. The van der Waals surface area contributed by atoms with Gasteiger partial charge in [0.1, 0.15) is 11.6 Å². The van der Waals surface area contributed by atoms with Crippen LogP contribution in [-0.4, -0.2) is 58.7 Å². The van der Waals surface area contributed by atoms with Crippen LogP contribution in [0.5, 0.6) is 11.5 Å². The molecule has 0 aliphatic carbocycles. The Morgan fingerprint density at radius 1 is 1.34 bits per heavy atom. The molecule has 0 aromatic carbocycles. The first-order valence-corrected chi connectivity index (χ1v) is 14.6. The van der Waals surface area contributed by atoms with Crippen LogP contribution in [0.4, 0.5) is 10.9 Å². The summed E-state index contributed by atoms with van der Waals surface area (Å²) in [6.07, 6.45) is 6.35. The van der Waals surface area contributed by atoms with Crippen LogP contribution in [0.15, 0.2) is 35.5 Å². The predicted molar refractivity (Wildman–Crippen MR) is 152 cm³/mol. The van der Waals surface area contributed by atoms with Gasteiger partial charge >= 0.3 is 0 Å². The minimum Gasteiger partial charge on any atom is -0.452 e. The summed E-state index contributed by atoms with van der Waals surface area (Å²) in [6, 6.07) is 6.09. The van der Waals surface area contributed by atoms with Crippen LogP contribution < -0.4 is 10.1 Å². The van der Waals surface area contributed by atoms with Crippen molar-refractivity contribution in [3.63, 3.8) is 0 Å². The van der Waals surface area contributed by atoms with Gasteiger partial charge < -0.3 is 20.1 Å². The number of aryl methyl sites for hydroxylation is 1. The number of carbonyl (C=O) groups excluding carboxylic acids is 1. The zero-order valence-electron chi connectivity index (χ0n) is 22.8. The highest BCUT2D eigenvalue weighted by atomic mass is 32.2. The van der Waals surface area contributed by atoms with Crippen molar-refractivity contribution in [2.24, 2.45) is 0 Å². The Labute approximate surface area is 232 Å². The molecule has 1 aliphatic heterocycles. The zero-order valence-corrected chi connectivity index (χ0v) is 24.4. The van der Waals surface area contributed by atoms with Gasteiger partial charge in [0.2, 0.25) is 11.0 Å². The normalized spacial score (nSPS) is 18.4. The van der Waals surface area contributed by atoms with E-state index < -0.39 is 5.60 Å². The van der Waals surface area contributed by atoms with Crippen LogP contribution in [0.2, 0.25) is 0 Å². The lowest BCUT2D eigenvalue weighted by Gasteiger charge is -2.28. The molecule has 38 heavy (non-hydrogen) atoms. The highest BCUT2D eigenvalue weighted by molar-refractivity contribution is 7.99. The number of aliphatic hydroxyl groups is 1. The number of anilines is 2. The van der Waals surface area contributed by atoms with Gasteiger partial charge in [0.15, 0.2) is 11.6 Å². The predicted octanol–water partition coefficient (Wildman–Crippen LogP) is 5.93. The van der Waals surface area contributed by atoms with Gasteiger partial charge in [-0.25, -0.2) is 9.97 Å². The lowest BCUT2D eigenvalue weighted by Crippen LogP contribution is -2.39. The summed E-state index contributed by atoms with van der Waals surface area (Å²) in [6.45, 7) is 11.3. The molecule has 4 rings (SSSR count). The molecule has 0 spiro atoms. The number of hydrogen-bond acceptors (Lipinski definition) is 10. The minimum absolute atomic E-state index is 0.112. The van der Waals surface area contributed by atoms with E-state index in [0.717, 1.165) is 35.7 Å². The third-order valence-electron chi connectivity index (χ3n) is 6.48. The monoisotopic (exact) mass is 556 g/mol. The molecule has 1 amide bonds. The topological polar surface area (TPSA) is 113 Å². The fourth-order valence-electron chi connectivity index (χ4n) is 4.60. The number of hydrogen-bond donors (Lipinski definition) is 2. The molecule has 0 bridgehead atoms. The summed E-state index contributed by atoms with van der Waals surface area (Å²) in [5.41, 5.74) is -0.0407. The number of amides is 1. The van der Waals surface area contributed by atoms with Gasteiger partial charge in [-0.1, -0.05) is 6.92 Å². The SMILES string of the molecule is CC(=O)N1C(C)CCC1CC(C)c1nsc(Nc2ncc(SCC(C)(C)O)cc2Oc2cccnc2C)n1. The van der Waals surface area contributed by atoms with E-state index in [0.29, 0.717) is 28.2 Å². The average molecular weight is 557 g/mol. The number of aromatic nitrogens is 4.